The Hall–Kier alpha value is -9.76. The lowest BCUT2D eigenvalue weighted by Crippen LogP contribution is -2.12. The van der Waals surface area contributed by atoms with Gasteiger partial charge in [0.25, 0.3) is 0 Å². The molecule has 6 nitrogen and oxygen atoms in total. The molecule has 0 radical (unpaired) electrons. The number of hydrogen-bond acceptors (Lipinski definition) is 4. The van der Waals surface area contributed by atoms with E-state index in [-0.39, 0.29) is 57.7 Å². The van der Waals surface area contributed by atoms with E-state index in [1.165, 1.54) is 36.4 Å². The Morgan fingerprint density at radius 1 is 0.325 bits per heavy atom. The van der Waals surface area contributed by atoms with E-state index in [0.29, 0.717) is 72.4 Å². The molecule has 0 atom stereocenters. The zero-order chi connectivity index (χ0) is 56.0. The third-order valence-corrected chi connectivity index (χ3v) is 13.9. The van der Waals surface area contributed by atoms with E-state index in [2.05, 4.69) is 6.07 Å². The molecular weight excluding hydrogens is 1060 g/mol. The highest BCUT2D eigenvalue weighted by Gasteiger charge is 2.40. The van der Waals surface area contributed by atoms with Crippen LogP contribution in [-0.4, -0.2) is 24.1 Å². The Balaban J connectivity index is 1.16. The molecule has 0 amide bonds. The first-order valence-electron chi connectivity index (χ1n) is 24.3. The van der Waals surface area contributed by atoms with Gasteiger partial charge in [-0.05, 0) is 95.1 Å². The van der Waals surface area contributed by atoms with Crippen LogP contribution in [0.5, 0.6) is 0 Å². The average molecular weight is 1090 g/mol. The first-order valence-corrected chi connectivity index (χ1v) is 24.3. The fourth-order valence-corrected chi connectivity index (χ4v) is 10.4. The Morgan fingerprint density at radius 3 is 1.06 bits per heavy atom. The normalized spacial score (nSPS) is 12.5. The van der Waals surface area contributed by atoms with Crippen LogP contribution in [0.1, 0.15) is 27.8 Å². The van der Waals surface area contributed by atoms with Crippen LogP contribution in [0.4, 0.5) is 52.7 Å². The van der Waals surface area contributed by atoms with Crippen LogP contribution in [0.3, 0.4) is 0 Å². The van der Waals surface area contributed by atoms with Crippen LogP contribution in [-0.2, 0) is 24.7 Å². The maximum Gasteiger partial charge on any atom is 0.417 e. The number of rotatable bonds is 7. The highest BCUT2D eigenvalue weighted by Crippen LogP contribution is 2.47. The van der Waals surface area contributed by atoms with Crippen molar-refractivity contribution in [3.8, 4) is 73.9 Å². The maximum absolute atomic E-state index is 14.7. The van der Waals surface area contributed by atoms with Gasteiger partial charge in [-0.3, -0.25) is 0 Å². The summed E-state index contributed by atoms with van der Waals surface area (Å²) < 4.78 is 174. The third-order valence-electron chi connectivity index (χ3n) is 13.9. The molecule has 0 N–H and O–H groups in total. The number of aromatic nitrogens is 5. The molecule has 9 aromatic carbocycles. The summed E-state index contributed by atoms with van der Waals surface area (Å²) in [7, 11) is 0. The molecule has 80 heavy (non-hydrogen) atoms. The Labute approximate surface area is 444 Å². The lowest BCUT2D eigenvalue weighted by molar-refractivity contribution is -0.144. The summed E-state index contributed by atoms with van der Waals surface area (Å²) in [5.74, 6) is 0.678. The van der Waals surface area contributed by atoms with E-state index < -0.39 is 58.1 Å². The average Bonchev–Trinajstić information content (AvgIpc) is 3.98. The molecule has 3 heterocycles. The number of fused-ring (bicyclic) bond motifs is 6. The molecule has 3 aromatic heterocycles. The molecule has 0 bridgehead atoms. The van der Waals surface area contributed by atoms with Crippen LogP contribution in [0.2, 0.25) is 0 Å². The van der Waals surface area contributed by atoms with Gasteiger partial charge in [-0.25, -0.2) is 15.0 Å². The van der Waals surface area contributed by atoms with Crippen molar-refractivity contribution < 1.29 is 52.7 Å². The van der Waals surface area contributed by atoms with Crippen molar-refractivity contribution in [3.63, 3.8) is 0 Å². The van der Waals surface area contributed by atoms with E-state index in [1.807, 2.05) is 60.7 Å². The first kappa shape index (κ1) is 51.0. The van der Waals surface area contributed by atoms with E-state index in [9.17, 15) is 57.9 Å². The van der Waals surface area contributed by atoms with Crippen LogP contribution >= 0.6 is 0 Å². The molecule has 12 rings (SSSR count). The number of hydrogen-bond donors (Lipinski definition) is 0. The Morgan fingerprint density at radius 2 is 0.688 bits per heavy atom. The smallest absolute Gasteiger partial charge is 0.308 e. The van der Waals surface area contributed by atoms with Gasteiger partial charge in [-0.2, -0.15) is 57.9 Å². The zero-order valence-electron chi connectivity index (χ0n) is 40.7. The Kier molecular flexibility index (Phi) is 11.9. The van der Waals surface area contributed by atoms with Crippen molar-refractivity contribution in [1.82, 2.24) is 24.1 Å². The number of halogens is 12. The predicted molar refractivity (Wildman–Crippen MR) is 280 cm³/mol. The molecule has 0 spiro atoms. The van der Waals surface area contributed by atoms with E-state index in [4.69, 9.17) is 15.0 Å². The molecule has 0 aliphatic heterocycles. The van der Waals surface area contributed by atoms with Crippen LogP contribution in [0.15, 0.2) is 194 Å². The highest BCUT2D eigenvalue weighted by molar-refractivity contribution is 6.12. The fourth-order valence-electron chi connectivity index (χ4n) is 10.4. The first-order chi connectivity index (χ1) is 38.2. The standard InChI is InChI=1S/C62H32F12N6/c63-59(64,65)39-21-23-41(48(31-39)61(69,70)71)36-19-25-52-45(27-36)43-15-7-9-17-50(43)79(52)54-29-38(58-77-56(34-11-3-1-4-12-34)76-57(78-58)35-13-5-2-6-14-35)30-55(47(54)33-75)80-51-18-10-8-16-44(51)46-28-37(20-26-53(46)80)42-24-22-40(60(66,67)68)32-49(42)62(72,73)74/h1-32H. The third kappa shape index (κ3) is 8.90. The monoisotopic (exact) mass is 1090 g/mol. The summed E-state index contributed by atoms with van der Waals surface area (Å²) in [5.41, 5.74) is -3.44. The minimum atomic E-state index is -5.18. The van der Waals surface area contributed by atoms with Gasteiger partial charge in [0.1, 0.15) is 11.6 Å². The number of nitrogens with zero attached hydrogens (tertiary/aromatic N) is 6. The van der Waals surface area contributed by atoms with E-state index in [0.717, 1.165) is 12.1 Å². The number of alkyl halides is 12. The summed E-state index contributed by atoms with van der Waals surface area (Å²) in [6.07, 6.45) is -20.5. The van der Waals surface area contributed by atoms with E-state index >= 15 is 0 Å². The van der Waals surface area contributed by atoms with Crippen LogP contribution in [0.25, 0.3) is 111 Å². The van der Waals surface area contributed by atoms with Crippen molar-refractivity contribution in [1.29, 1.82) is 5.26 Å². The van der Waals surface area contributed by atoms with Gasteiger partial charge in [-0.15, -0.1) is 0 Å². The lowest BCUT2D eigenvalue weighted by atomic mass is 9.95. The SMILES string of the molecule is N#Cc1c(-n2c3ccccc3c3cc(-c4ccc(C(F)(F)F)cc4C(F)(F)F)ccc32)cc(-c2nc(-c3ccccc3)nc(-c3ccccc3)n2)cc1-n1c2ccccc2c2cc(-c3ccc(C(F)(F)F)cc3C(F)(F)F)ccc21. The maximum atomic E-state index is 14.7. The topological polar surface area (TPSA) is 72.3 Å². The number of benzene rings is 9. The van der Waals surface area contributed by atoms with Crippen molar-refractivity contribution >= 4 is 43.6 Å². The summed E-state index contributed by atoms with van der Waals surface area (Å²) in [5, 5.41) is 13.3. The summed E-state index contributed by atoms with van der Waals surface area (Å²) in [6, 6.07) is 49.0. The zero-order valence-corrected chi connectivity index (χ0v) is 40.7. The van der Waals surface area contributed by atoms with Crippen molar-refractivity contribution in [2.24, 2.45) is 0 Å². The fraction of sp³-hybridized carbons (Fsp3) is 0.0645. The van der Waals surface area contributed by atoms with Gasteiger partial charge in [0.05, 0.1) is 55.7 Å². The second-order valence-electron chi connectivity index (χ2n) is 18.7. The Bertz CT molecular complexity index is 4220. The van der Waals surface area contributed by atoms with Gasteiger partial charge in [0, 0.05) is 38.2 Å². The molecule has 394 valence electrons. The van der Waals surface area contributed by atoms with Gasteiger partial charge < -0.3 is 9.13 Å². The second-order valence-corrected chi connectivity index (χ2v) is 18.7. The molecule has 0 saturated carbocycles. The van der Waals surface area contributed by atoms with Crippen molar-refractivity contribution in [2.45, 2.75) is 24.7 Å². The molecule has 0 unspecified atom stereocenters. The summed E-state index contributed by atoms with van der Waals surface area (Å²) >= 11 is 0. The molecule has 12 aromatic rings. The highest BCUT2D eigenvalue weighted by atomic mass is 19.4. The minimum absolute atomic E-state index is 0.0111. The minimum Gasteiger partial charge on any atom is -0.308 e. The van der Waals surface area contributed by atoms with Gasteiger partial charge in [0.15, 0.2) is 17.5 Å². The molecule has 0 fully saturated rings. The summed E-state index contributed by atoms with van der Waals surface area (Å²) in [6.45, 7) is 0. The van der Waals surface area contributed by atoms with Gasteiger partial charge >= 0.3 is 24.7 Å². The number of nitriles is 1. The molecule has 0 aliphatic carbocycles. The van der Waals surface area contributed by atoms with Gasteiger partial charge in [-0.1, -0.05) is 121 Å². The van der Waals surface area contributed by atoms with Gasteiger partial charge in [0.2, 0.25) is 0 Å². The molecular formula is C62H32F12N6. The second kappa shape index (κ2) is 18.7. The molecule has 0 saturated heterocycles. The lowest BCUT2D eigenvalue weighted by Gasteiger charge is -2.19. The molecule has 0 aliphatic rings. The van der Waals surface area contributed by atoms with Crippen LogP contribution in [0, 0.1) is 11.3 Å². The quantitative estimate of drug-likeness (QED) is 0.149. The largest absolute Gasteiger partial charge is 0.417 e. The van der Waals surface area contributed by atoms with Crippen molar-refractivity contribution in [3.05, 3.63) is 222 Å². The number of para-hydroxylation sites is 2. The van der Waals surface area contributed by atoms with E-state index in [1.54, 1.807) is 69.8 Å². The molecule has 18 heteroatoms. The summed E-state index contributed by atoms with van der Waals surface area (Å²) in [4.78, 5) is 14.8. The van der Waals surface area contributed by atoms with Crippen molar-refractivity contribution in [2.75, 3.05) is 0 Å². The van der Waals surface area contributed by atoms with Crippen LogP contribution < -0.4 is 0 Å². The predicted octanol–water partition coefficient (Wildman–Crippen LogP) is 18.3.